The average Bonchev–Trinajstić information content (AvgIpc) is 3.85. The van der Waals surface area contributed by atoms with E-state index >= 15 is 0 Å². The molecule has 0 bridgehead atoms. The van der Waals surface area contributed by atoms with E-state index in [9.17, 15) is 0 Å². The zero-order valence-corrected chi connectivity index (χ0v) is 30.1. The van der Waals surface area contributed by atoms with Crippen molar-refractivity contribution in [2.75, 3.05) is 0 Å². The molecule has 0 unspecified atom stereocenters. The Hall–Kier alpha value is -7.63. The second kappa shape index (κ2) is 13.0. The molecule has 3 aromatic heterocycles. The van der Waals surface area contributed by atoms with Gasteiger partial charge in [0.2, 0.25) is 0 Å². The van der Waals surface area contributed by atoms with Crippen LogP contribution < -0.4 is 0 Å². The summed E-state index contributed by atoms with van der Waals surface area (Å²) in [6.45, 7) is 0. The van der Waals surface area contributed by atoms with Crippen LogP contribution in [-0.2, 0) is 0 Å². The van der Waals surface area contributed by atoms with Crippen LogP contribution in [0.5, 0.6) is 0 Å². The number of hydrogen-bond donors (Lipinski definition) is 0. The maximum Gasteiger partial charge on any atom is 0.164 e. The van der Waals surface area contributed by atoms with E-state index in [1.165, 1.54) is 0 Å². The molecule has 0 saturated carbocycles. The highest BCUT2D eigenvalue weighted by molar-refractivity contribution is 6.12. The number of fused-ring (bicyclic) bond motifs is 6. The molecule has 0 spiro atoms. The third-order valence-corrected chi connectivity index (χ3v) is 10.5. The van der Waals surface area contributed by atoms with Gasteiger partial charge in [-0.2, -0.15) is 0 Å². The van der Waals surface area contributed by atoms with Crippen molar-refractivity contribution in [3.05, 3.63) is 188 Å². The van der Waals surface area contributed by atoms with Crippen LogP contribution in [0.3, 0.4) is 0 Å². The van der Waals surface area contributed by atoms with Crippen LogP contribution in [0.2, 0.25) is 0 Å². The monoisotopic (exact) mass is 717 g/mol. The van der Waals surface area contributed by atoms with Crippen molar-refractivity contribution in [2.45, 2.75) is 0 Å². The Bertz CT molecular complexity index is 3150. The topological polar surface area (TPSA) is 65.0 Å². The molecular weight excluding hydrogens is 687 g/mol. The number of hydrogen-bond acceptors (Lipinski definition) is 5. The van der Waals surface area contributed by atoms with E-state index in [4.69, 9.17) is 23.8 Å². The normalized spacial score (nSPS) is 11.6. The van der Waals surface area contributed by atoms with Crippen molar-refractivity contribution in [3.63, 3.8) is 0 Å². The van der Waals surface area contributed by atoms with Crippen molar-refractivity contribution < 1.29 is 8.83 Å². The molecule has 0 fully saturated rings. The molecule has 8 aromatic carbocycles. The lowest BCUT2D eigenvalue weighted by molar-refractivity contribution is 0.668. The molecule has 11 rings (SSSR count). The highest BCUT2D eigenvalue weighted by Crippen LogP contribution is 2.40. The van der Waals surface area contributed by atoms with Gasteiger partial charge in [0.15, 0.2) is 17.5 Å². The van der Waals surface area contributed by atoms with Gasteiger partial charge in [-0.1, -0.05) is 146 Å². The Balaban J connectivity index is 1.05. The van der Waals surface area contributed by atoms with E-state index in [1.54, 1.807) is 0 Å². The molecule has 11 aromatic rings. The first kappa shape index (κ1) is 31.9. The van der Waals surface area contributed by atoms with Crippen LogP contribution in [0.25, 0.3) is 111 Å². The largest absolute Gasteiger partial charge is 0.456 e. The molecule has 56 heavy (non-hydrogen) atoms. The molecule has 5 heteroatoms. The Morgan fingerprint density at radius 2 is 0.768 bits per heavy atom. The van der Waals surface area contributed by atoms with E-state index in [2.05, 4.69) is 152 Å². The van der Waals surface area contributed by atoms with Crippen LogP contribution in [0, 0.1) is 0 Å². The minimum atomic E-state index is 0.570. The second-order valence-electron chi connectivity index (χ2n) is 14.0. The van der Waals surface area contributed by atoms with Crippen LogP contribution in [0.1, 0.15) is 0 Å². The maximum atomic E-state index is 6.75. The maximum absolute atomic E-state index is 6.75. The zero-order valence-electron chi connectivity index (χ0n) is 30.1. The summed E-state index contributed by atoms with van der Waals surface area (Å²) in [5.41, 5.74) is 12.5. The van der Waals surface area contributed by atoms with Gasteiger partial charge in [-0.05, 0) is 70.3 Å². The average molecular weight is 718 g/mol. The fraction of sp³-hybridized carbons (Fsp3) is 0. The lowest BCUT2D eigenvalue weighted by Crippen LogP contribution is -2.00. The molecule has 0 saturated heterocycles. The first-order chi connectivity index (χ1) is 27.7. The van der Waals surface area contributed by atoms with Gasteiger partial charge in [0, 0.05) is 43.8 Å². The van der Waals surface area contributed by atoms with Gasteiger partial charge in [0.25, 0.3) is 0 Å². The van der Waals surface area contributed by atoms with Crippen molar-refractivity contribution in [2.24, 2.45) is 0 Å². The van der Waals surface area contributed by atoms with Crippen LogP contribution >= 0.6 is 0 Å². The van der Waals surface area contributed by atoms with Crippen molar-refractivity contribution >= 4 is 43.9 Å². The van der Waals surface area contributed by atoms with Crippen LogP contribution in [0.4, 0.5) is 0 Å². The summed E-state index contributed by atoms with van der Waals surface area (Å²) >= 11 is 0. The van der Waals surface area contributed by atoms with Gasteiger partial charge >= 0.3 is 0 Å². The molecule has 0 aliphatic carbocycles. The van der Waals surface area contributed by atoms with Crippen molar-refractivity contribution in [1.29, 1.82) is 0 Å². The predicted octanol–water partition coefficient (Wildman–Crippen LogP) is 13.7. The molecule has 0 N–H and O–H groups in total. The summed E-state index contributed by atoms with van der Waals surface area (Å²) in [7, 11) is 0. The summed E-state index contributed by atoms with van der Waals surface area (Å²) in [6.07, 6.45) is 0. The number of furan rings is 2. The third-order valence-electron chi connectivity index (χ3n) is 10.5. The summed E-state index contributed by atoms with van der Waals surface area (Å²) in [5.74, 6) is 1.77. The van der Waals surface area contributed by atoms with Gasteiger partial charge in [-0.15, -0.1) is 0 Å². The first-order valence-corrected chi connectivity index (χ1v) is 18.7. The minimum Gasteiger partial charge on any atom is -0.456 e. The molecule has 5 nitrogen and oxygen atoms in total. The summed E-state index contributed by atoms with van der Waals surface area (Å²) < 4.78 is 12.9. The Morgan fingerprint density at radius 3 is 1.45 bits per heavy atom. The van der Waals surface area contributed by atoms with E-state index in [0.29, 0.717) is 17.5 Å². The molecule has 262 valence electrons. The molecule has 0 amide bonds. The van der Waals surface area contributed by atoms with E-state index in [1.807, 2.05) is 36.4 Å². The lowest BCUT2D eigenvalue weighted by atomic mass is 10.00. The first-order valence-electron chi connectivity index (χ1n) is 18.7. The third kappa shape index (κ3) is 5.53. The quantitative estimate of drug-likeness (QED) is 0.171. The number of nitrogens with zero attached hydrogens (tertiary/aromatic N) is 3. The van der Waals surface area contributed by atoms with Gasteiger partial charge in [0.1, 0.15) is 22.3 Å². The zero-order chi connectivity index (χ0) is 37.0. The molecule has 0 aliphatic heterocycles. The smallest absolute Gasteiger partial charge is 0.164 e. The highest BCUT2D eigenvalue weighted by atomic mass is 16.3. The van der Waals surface area contributed by atoms with E-state index in [0.717, 1.165) is 93.9 Å². The molecule has 0 atom stereocenters. The fourth-order valence-corrected chi connectivity index (χ4v) is 7.76. The minimum absolute atomic E-state index is 0.570. The van der Waals surface area contributed by atoms with Gasteiger partial charge in [-0.3, -0.25) is 0 Å². The Morgan fingerprint density at radius 1 is 0.268 bits per heavy atom. The number of rotatable bonds is 6. The SMILES string of the molecule is c1ccc(-c2cccc(-c3nc(-c4cccc(-c5ccccc5)c4)nc(-c4ccc5c(c4)oc4c(-c6ccc7oc8ccccc8c7c6)cccc45)n3)c2)cc1. The van der Waals surface area contributed by atoms with Gasteiger partial charge in [-0.25, -0.2) is 15.0 Å². The summed E-state index contributed by atoms with van der Waals surface area (Å²) in [6, 6.07) is 64.6. The lowest BCUT2D eigenvalue weighted by Gasteiger charge is -2.10. The van der Waals surface area contributed by atoms with Gasteiger partial charge in [0.05, 0.1) is 0 Å². The van der Waals surface area contributed by atoms with Crippen LogP contribution in [-0.4, -0.2) is 15.0 Å². The Kier molecular flexibility index (Phi) is 7.42. The van der Waals surface area contributed by atoms with E-state index < -0.39 is 0 Å². The van der Waals surface area contributed by atoms with Crippen LogP contribution in [0.15, 0.2) is 197 Å². The molecule has 0 radical (unpaired) electrons. The van der Waals surface area contributed by atoms with Crippen molar-refractivity contribution in [3.8, 4) is 67.5 Å². The number of benzene rings is 8. The highest BCUT2D eigenvalue weighted by Gasteiger charge is 2.18. The van der Waals surface area contributed by atoms with Crippen molar-refractivity contribution in [1.82, 2.24) is 15.0 Å². The summed E-state index contributed by atoms with van der Waals surface area (Å²) in [5, 5.41) is 4.26. The standard InChI is InChI=1S/C51H31N3O2/c1-3-12-32(13-4-1)34-16-9-18-37(28-34)49-52-50(38-19-10-17-35(29-38)33-14-5-2-6-15-33)54-51(53-49)39-24-26-42-43-22-11-21-40(48(43)56-47(42)31-39)36-25-27-46-44(30-36)41-20-7-8-23-45(41)55-46/h1-31H. The van der Waals surface area contributed by atoms with E-state index in [-0.39, 0.29) is 0 Å². The molecule has 3 heterocycles. The second-order valence-corrected chi connectivity index (χ2v) is 14.0. The molecule has 0 aliphatic rings. The fourth-order valence-electron chi connectivity index (χ4n) is 7.76. The molecular formula is C51H31N3O2. The number of aromatic nitrogens is 3. The number of para-hydroxylation sites is 2. The van der Waals surface area contributed by atoms with Gasteiger partial charge < -0.3 is 8.83 Å². The Labute approximate surface area is 322 Å². The summed E-state index contributed by atoms with van der Waals surface area (Å²) in [4.78, 5) is 15.3. The predicted molar refractivity (Wildman–Crippen MR) is 227 cm³/mol.